The average Bonchev–Trinajstić information content (AvgIpc) is 2.49. The third-order valence-corrected chi connectivity index (χ3v) is 3.02. The van der Waals surface area contributed by atoms with Crippen LogP contribution in [-0.4, -0.2) is 45.4 Å². The average molecular weight is 286 g/mol. The zero-order valence-electron chi connectivity index (χ0n) is 11.0. The summed E-state index contributed by atoms with van der Waals surface area (Å²) in [5.41, 5.74) is -0.419. The summed E-state index contributed by atoms with van der Waals surface area (Å²) in [4.78, 5) is 11.2. The van der Waals surface area contributed by atoms with Crippen LogP contribution in [0, 0.1) is 11.6 Å². The number of nitrogens with one attached hydrogen (secondary N) is 2. The Kier molecular flexibility index (Phi) is 4.86. The van der Waals surface area contributed by atoms with Crippen LogP contribution in [0.4, 0.5) is 14.5 Å². The molecule has 5 nitrogen and oxygen atoms in total. The van der Waals surface area contributed by atoms with Crippen molar-refractivity contribution >= 4 is 11.7 Å². The second-order valence-corrected chi connectivity index (χ2v) is 4.39. The normalized spacial score (nSPS) is 18.6. The number of methoxy groups -OCH3 is 1. The van der Waals surface area contributed by atoms with Gasteiger partial charge in [0.1, 0.15) is 0 Å². The Morgan fingerprint density at radius 3 is 2.95 bits per heavy atom. The monoisotopic (exact) mass is 286 g/mol. The second kappa shape index (κ2) is 6.62. The van der Waals surface area contributed by atoms with Gasteiger partial charge in [-0.05, 0) is 12.1 Å². The number of rotatable bonds is 4. The minimum Gasteiger partial charge on any atom is -0.465 e. The molecule has 0 bridgehead atoms. The van der Waals surface area contributed by atoms with Crippen LogP contribution in [0.2, 0.25) is 0 Å². The summed E-state index contributed by atoms with van der Waals surface area (Å²) in [5, 5.41) is 5.98. The number of morpholine rings is 1. The third kappa shape index (κ3) is 3.23. The smallest absolute Gasteiger partial charge is 0.340 e. The van der Waals surface area contributed by atoms with Crippen LogP contribution in [-0.2, 0) is 9.47 Å². The molecular weight excluding hydrogens is 270 g/mol. The molecule has 1 heterocycles. The van der Waals surface area contributed by atoms with Crippen molar-refractivity contribution in [1.29, 1.82) is 0 Å². The van der Waals surface area contributed by atoms with E-state index in [-0.39, 0.29) is 11.7 Å². The summed E-state index contributed by atoms with van der Waals surface area (Å²) in [6.45, 7) is 2.28. The van der Waals surface area contributed by atoms with Gasteiger partial charge < -0.3 is 20.1 Å². The number of ether oxygens (including phenoxy) is 2. The SMILES string of the molecule is COC(=O)c1ccc(NCC2COCCN2)c(F)c1F. The molecule has 20 heavy (non-hydrogen) atoms. The number of halogens is 2. The summed E-state index contributed by atoms with van der Waals surface area (Å²) < 4.78 is 37.2. The number of carbonyl (C=O) groups is 1. The van der Waals surface area contributed by atoms with E-state index in [0.29, 0.717) is 19.8 Å². The molecule has 0 spiro atoms. The highest BCUT2D eigenvalue weighted by Gasteiger charge is 2.20. The van der Waals surface area contributed by atoms with Crippen molar-refractivity contribution in [3.05, 3.63) is 29.3 Å². The summed E-state index contributed by atoms with van der Waals surface area (Å²) in [5.74, 6) is -3.21. The van der Waals surface area contributed by atoms with E-state index in [0.717, 1.165) is 13.7 Å². The lowest BCUT2D eigenvalue weighted by Crippen LogP contribution is -2.45. The van der Waals surface area contributed by atoms with Crippen molar-refractivity contribution in [3.8, 4) is 0 Å². The van der Waals surface area contributed by atoms with Gasteiger partial charge in [-0.15, -0.1) is 0 Å². The molecule has 1 fully saturated rings. The Bertz CT molecular complexity index is 491. The van der Waals surface area contributed by atoms with Crippen molar-refractivity contribution in [1.82, 2.24) is 5.32 Å². The minimum atomic E-state index is -1.21. The Hall–Kier alpha value is -1.73. The van der Waals surface area contributed by atoms with Crippen LogP contribution in [0.15, 0.2) is 12.1 Å². The van der Waals surface area contributed by atoms with Gasteiger partial charge in [-0.1, -0.05) is 0 Å². The fourth-order valence-corrected chi connectivity index (χ4v) is 1.94. The first-order chi connectivity index (χ1) is 9.63. The first-order valence-electron chi connectivity index (χ1n) is 6.24. The van der Waals surface area contributed by atoms with E-state index in [2.05, 4.69) is 15.4 Å². The topological polar surface area (TPSA) is 59.6 Å². The maximum absolute atomic E-state index is 13.8. The quantitative estimate of drug-likeness (QED) is 0.813. The molecule has 0 saturated carbocycles. The number of hydrogen-bond donors (Lipinski definition) is 2. The maximum Gasteiger partial charge on any atom is 0.340 e. The predicted molar refractivity (Wildman–Crippen MR) is 68.8 cm³/mol. The molecule has 0 radical (unpaired) electrons. The van der Waals surface area contributed by atoms with Crippen LogP contribution in [0.1, 0.15) is 10.4 Å². The summed E-state index contributed by atoms with van der Waals surface area (Å²) >= 11 is 0. The van der Waals surface area contributed by atoms with Gasteiger partial charge in [-0.3, -0.25) is 0 Å². The van der Waals surface area contributed by atoms with Gasteiger partial charge in [0.05, 0.1) is 31.6 Å². The molecule has 0 aliphatic carbocycles. The zero-order chi connectivity index (χ0) is 14.5. The van der Waals surface area contributed by atoms with Gasteiger partial charge in [0.2, 0.25) is 0 Å². The molecule has 1 aliphatic rings. The van der Waals surface area contributed by atoms with Crippen molar-refractivity contribution in [2.75, 3.05) is 38.7 Å². The molecule has 1 unspecified atom stereocenters. The van der Waals surface area contributed by atoms with E-state index in [1.165, 1.54) is 12.1 Å². The van der Waals surface area contributed by atoms with Gasteiger partial charge in [0.25, 0.3) is 0 Å². The first kappa shape index (κ1) is 14.7. The van der Waals surface area contributed by atoms with Gasteiger partial charge >= 0.3 is 5.97 Å². The van der Waals surface area contributed by atoms with E-state index in [4.69, 9.17) is 4.74 Å². The van der Waals surface area contributed by atoms with Crippen molar-refractivity contribution in [3.63, 3.8) is 0 Å². The Morgan fingerprint density at radius 2 is 2.30 bits per heavy atom. The van der Waals surface area contributed by atoms with Crippen molar-refractivity contribution < 1.29 is 23.0 Å². The number of esters is 1. The second-order valence-electron chi connectivity index (χ2n) is 4.39. The van der Waals surface area contributed by atoms with Gasteiger partial charge in [0, 0.05) is 19.1 Å². The molecule has 2 N–H and O–H groups in total. The van der Waals surface area contributed by atoms with Crippen LogP contribution in [0.3, 0.4) is 0 Å². The van der Waals surface area contributed by atoms with Crippen LogP contribution in [0.25, 0.3) is 0 Å². The standard InChI is InChI=1S/C13H16F2N2O3/c1-19-13(18)9-2-3-10(12(15)11(9)14)17-6-8-7-20-5-4-16-8/h2-3,8,16-17H,4-7H2,1H3. The molecule has 1 aliphatic heterocycles. The molecule has 0 aromatic heterocycles. The molecule has 7 heteroatoms. The molecule has 2 rings (SSSR count). The summed E-state index contributed by atoms with van der Waals surface area (Å²) in [7, 11) is 1.11. The molecule has 110 valence electrons. The molecule has 0 amide bonds. The number of anilines is 1. The fraction of sp³-hybridized carbons (Fsp3) is 0.462. The van der Waals surface area contributed by atoms with E-state index >= 15 is 0 Å². The lowest BCUT2D eigenvalue weighted by molar-refractivity contribution is 0.0594. The highest BCUT2D eigenvalue weighted by atomic mass is 19.2. The molecule has 1 atom stereocenters. The van der Waals surface area contributed by atoms with Gasteiger partial charge in [-0.2, -0.15) is 0 Å². The Morgan fingerprint density at radius 1 is 1.50 bits per heavy atom. The number of hydrogen-bond acceptors (Lipinski definition) is 5. The van der Waals surface area contributed by atoms with Crippen molar-refractivity contribution in [2.45, 2.75) is 6.04 Å². The van der Waals surface area contributed by atoms with Crippen LogP contribution in [0.5, 0.6) is 0 Å². The number of carbonyl (C=O) groups excluding carboxylic acids is 1. The third-order valence-electron chi connectivity index (χ3n) is 3.02. The van der Waals surface area contributed by atoms with E-state index in [1.54, 1.807) is 0 Å². The van der Waals surface area contributed by atoms with Crippen LogP contribution >= 0.6 is 0 Å². The van der Waals surface area contributed by atoms with Crippen molar-refractivity contribution in [2.24, 2.45) is 0 Å². The van der Waals surface area contributed by atoms with E-state index < -0.39 is 23.2 Å². The van der Waals surface area contributed by atoms with Crippen LogP contribution < -0.4 is 10.6 Å². The lowest BCUT2D eigenvalue weighted by Gasteiger charge is -2.24. The van der Waals surface area contributed by atoms with Gasteiger partial charge in [-0.25, -0.2) is 13.6 Å². The number of benzene rings is 1. The molecular formula is C13H16F2N2O3. The summed E-state index contributed by atoms with van der Waals surface area (Å²) in [6, 6.07) is 2.54. The summed E-state index contributed by atoms with van der Waals surface area (Å²) in [6.07, 6.45) is 0. The Balaban J connectivity index is 2.05. The minimum absolute atomic E-state index is 0.00234. The highest BCUT2D eigenvalue weighted by molar-refractivity contribution is 5.90. The first-order valence-corrected chi connectivity index (χ1v) is 6.24. The molecule has 1 aromatic carbocycles. The zero-order valence-corrected chi connectivity index (χ0v) is 11.0. The maximum atomic E-state index is 13.8. The van der Waals surface area contributed by atoms with E-state index in [1.807, 2.05) is 0 Å². The van der Waals surface area contributed by atoms with Gasteiger partial charge in [0.15, 0.2) is 11.6 Å². The molecule has 1 saturated heterocycles. The fourth-order valence-electron chi connectivity index (χ4n) is 1.94. The predicted octanol–water partition coefficient (Wildman–Crippen LogP) is 1.15. The largest absolute Gasteiger partial charge is 0.465 e. The van der Waals surface area contributed by atoms with E-state index in [9.17, 15) is 13.6 Å². The molecule has 1 aromatic rings. The highest BCUT2D eigenvalue weighted by Crippen LogP contribution is 2.21. The Labute approximate surface area is 115 Å². The lowest BCUT2D eigenvalue weighted by atomic mass is 10.1.